The molecule has 0 rings (SSSR count). The smallest absolute Gasteiger partial charge is 0.244 e. The number of carbonyl (C=O) groups is 1. The Morgan fingerprint density at radius 2 is 2.00 bits per heavy atom. The Morgan fingerprint density at radius 3 is 2.00 bits per heavy atom. The van der Waals surface area contributed by atoms with Gasteiger partial charge in [0.15, 0.2) is 0 Å². The molecule has 0 saturated carbocycles. The van der Waals surface area contributed by atoms with Crippen molar-refractivity contribution >= 4 is 16.8 Å². The van der Waals surface area contributed by atoms with Crippen LogP contribution in [0.4, 0.5) is 0 Å². The summed E-state index contributed by atoms with van der Waals surface area (Å²) in [6.07, 6.45) is 1.04. The number of hydrogen-bond donors (Lipinski definition) is 0. The van der Waals surface area contributed by atoms with E-state index in [4.69, 9.17) is 11.6 Å². The summed E-state index contributed by atoms with van der Waals surface area (Å²) in [6, 6.07) is 0. The monoisotopic (exact) mass is 108 g/mol. The van der Waals surface area contributed by atoms with E-state index in [0.717, 1.165) is 6.08 Å². The lowest BCUT2D eigenvalue weighted by Gasteiger charge is -1.59. The molecular weight excluding hydrogens is 103 g/mol. The summed E-state index contributed by atoms with van der Waals surface area (Å²) < 4.78 is 0. The largest absolute Gasteiger partial charge is 0.412 e. The predicted octanol–water partition coefficient (Wildman–Crippen LogP) is 0.113. The van der Waals surface area contributed by atoms with E-state index >= 15 is 0 Å². The van der Waals surface area contributed by atoms with Crippen LogP contribution in [0.5, 0.6) is 0 Å². The van der Waals surface area contributed by atoms with E-state index in [9.17, 15) is 4.79 Å². The molecule has 0 heterocycles. The standard InChI is InChI=1S/C3H3ClO.H2O/c1-2-3(4)5;/h2H,1H2;1H2. The summed E-state index contributed by atoms with van der Waals surface area (Å²) in [5.74, 6) is 0. The Bertz CT molecular complexity index is 59.8. The third-order valence-electron chi connectivity index (χ3n) is 0.160. The molecule has 2 nitrogen and oxygen atoms in total. The molecule has 36 valence electrons. The third kappa shape index (κ3) is 9.40. The molecule has 0 radical (unpaired) electrons. The maximum absolute atomic E-state index is 9.46. The van der Waals surface area contributed by atoms with E-state index in [1.54, 1.807) is 0 Å². The van der Waals surface area contributed by atoms with Gasteiger partial charge in [-0.25, -0.2) is 0 Å². The normalized spacial score (nSPS) is 5.50. The number of allylic oxidation sites excluding steroid dienone is 1. The van der Waals surface area contributed by atoms with Crippen LogP contribution < -0.4 is 0 Å². The quantitative estimate of drug-likeness (QED) is 0.348. The van der Waals surface area contributed by atoms with Gasteiger partial charge >= 0.3 is 0 Å². The van der Waals surface area contributed by atoms with Gasteiger partial charge in [-0.3, -0.25) is 4.79 Å². The Morgan fingerprint density at radius 1 is 1.83 bits per heavy atom. The Hall–Kier alpha value is -0.340. The van der Waals surface area contributed by atoms with Crippen LogP contribution in [0.1, 0.15) is 0 Å². The molecule has 0 aromatic rings. The predicted molar refractivity (Wildman–Crippen MR) is 24.7 cm³/mol. The van der Waals surface area contributed by atoms with Gasteiger partial charge in [0.25, 0.3) is 0 Å². The van der Waals surface area contributed by atoms with Crippen molar-refractivity contribution in [2.24, 2.45) is 0 Å². The molecule has 0 spiro atoms. The second-order valence-corrected chi connectivity index (χ2v) is 0.881. The molecule has 0 aromatic heterocycles. The fraction of sp³-hybridized carbons (Fsp3) is 0. The number of hydrogen-bond acceptors (Lipinski definition) is 1. The molecule has 0 aromatic carbocycles. The van der Waals surface area contributed by atoms with Gasteiger partial charge < -0.3 is 5.48 Å². The molecule has 0 unspecified atom stereocenters. The first-order valence-electron chi connectivity index (χ1n) is 1.09. The molecule has 3 heteroatoms. The maximum Gasteiger partial charge on any atom is 0.244 e. The van der Waals surface area contributed by atoms with Gasteiger partial charge in [-0.1, -0.05) is 6.58 Å². The first-order chi connectivity index (χ1) is 2.27. The summed E-state index contributed by atoms with van der Waals surface area (Å²) in [5.41, 5.74) is 0. The average Bonchev–Trinajstić information content (AvgIpc) is 1.38. The highest BCUT2D eigenvalue weighted by atomic mass is 35.5. The van der Waals surface area contributed by atoms with Crippen molar-refractivity contribution in [1.29, 1.82) is 0 Å². The molecule has 0 bridgehead atoms. The first-order valence-corrected chi connectivity index (χ1v) is 1.47. The zero-order valence-electron chi connectivity index (χ0n) is 3.07. The molecule has 0 aliphatic heterocycles. The molecule has 0 atom stereocenters. The minimum absolute atomic E-state index is 0. The zero-order chi connectivity index (χ0) is 4.28. The lowest BCUT2D eigenvalue weighted by molar-refractivity contribution is -0.107. The molecule has 0 fully saturated rings. The minimum atomic E-state index is -0.509. The molecule has 0 aliphatic rings. The van der Waals surface area contributed by atoms with Gasteiger partial charge in [-0.05, 0) is 17.7 Å². The van der Waals surface area contributed by atoms with Crippen LogP contribution in [0.15, 0.2) is 12.7 Å². The molecule has 2 N–H and O–H groups in total. The van der Waals surface area contributed by atoms with E-state index in [0.29, 0.717) is 0 Å². The average molecular weight is 109 g/mol. The zero-order valence-corrected chi connectivity index (χ0v) is 3.83. The topological polar surface area (TPSA) is 48.6 Å². The molecular formula is C3H5ClO2. The maximum atomic E-state index is 9.46. The van der Waals surface area contributed by atoms with Crippen molar-refractivity contribution in [3.63, 3.8) is 0 Å². The van der Waals surface area contributed by atoms with Crippen LogP contribution >= 0.6 is 11.6 Å². The van der Waals surface area contributed by atoms with Gasteiger partial charge in [-0.15, -0.1) is 0 Å². The summed E-state index contributed by atoms with van der Waals surface area (Å²) >= 11 is 4.71. The summed E-state index contributed by atoms with van der Waals surface area (Å²) in [4.78, 5) is 9.46. The van der Waals surface area contributed by atoms with E-state index in [2.05, 4.69) is 6.58 Å². The fourth-order valence-corrected chi connectivity index (χ4v) is 0. The van der Waals surface area contributed by atoms with Crippen molar-refractivity contribution in [1.82, 2.24) is 0 Å². The van der Waals surface area contributed by atoms with E-state index in [1.807, 2.05) is 0 Å². The second-order valence-electron chi connectivity index (χ2n) is 0.508. The lowest BCUT2D eigenvalue weighted by atomic mass is 10.7. The van der Waals surface area contributed by atoms with Crippen molar-refractivity contribution in [2.75, 3.05) is 0 Å². The van der Waals surface area contributed by atoms with E-state index < -0.39 is 5.24 Å². The van der Waals surface area contributed by atoms with Crippen molar-refractivity contribution in [3.8, 4) is 0 Å². The summed E-state index contributed by atoms with van der Waals surface area (Å²) in [6.45, 7) is 3.08. The molecule has 6 heavy (non-hydrogen) atoms. The van der Waals surface area contributed by atoms with Crippen LogP contribution in [-0.4, -0.2) is 10.7 Å². The highest BCUT2D eigenvalue weighted by Gasteiger charge is 1.74. The van der Waals surface area contributed by atoms with Crippen LogP contribution in [-0.2, 0) is 4.79 Å². The van der Waals surface area contributed by atoms with Crippen LogP contribution in [0.3, 0.4) is 0 Å². The van der Waals surface area contributed by atoms with Gasteiger partial charge in [0.2, 0.25) is 5.24 Å². The highest BCUT2D eigenvalue weighted by molar-refractivity contribution is 6.66. The lowest BCUT2D eigenvalue weighted by Crippen LogP contribution is -1.67. The van der Waals surface area contributed by atoms with Gasteiger partial charge in [0.05, 0.1) is 0 Å². The first kappa shape index (κ1) is 9.18. The Kier molecular flexibility index (Phi) is 7.13. The minimum Gasteiger partial charge on any atom is -0.412 e. The highest BCUT2D eigenvalue weighted by Crippen LogP contribution is 1.74. The van der Waals surface area contributed by atoms with E-state index in [-0.39, 0.29) is 5.48 Å². The third-order valence-corrected chi connectivity index (χ3v) is 0.315. The molecule has 0 saturated heterocycles. The van der Waals surface area contributed by atoms with E-state index in [1.165, 1.54) is 0 Å². The summed E-state index contributed by atoms with van der Waals surface area (Å²) in [5, 5.41) is -0.509. The SMILES string of the molecule is C=CC(=O)Cl.O. The summed E-state index contributed by atoms with van der Waals surface area (Å²) in [7, 11) is 0. The van der Waals surface area contributed by atoms with Crippen LogP contribution in [0.2, 0.25) is 0 Å². The van der Waals surface area contributed by atoms with Gasteiger partial charge in [0, 0.05) is 0 Å². The second kappa shape index (κ2) is 4.66. The van der Waals surface area contributed by atoms with Gasteiger partial charge in [0.1, 0.15) is 0 Å². The van der Waals surface area contributed by atoms with Crippen molar-refractivity contribution in [2.45, 2.75) is 0 Å². The van der Waals surface area contributed by atoms with Crippen LogP contribution in [0.25, 0.3) is 0 Å². The van der Waals surface area contributed by atoms with Gasteiger partial charge in [-0.2, -0.15) is 0 Å². The Balaban J connectivity index is 0. The van der Waals surface area contributed by atoms with Crippen molar-refractivity contribution in [3.05, 3.63) is 12.7 Å². The number of rotatable bonds is 1. The van der Waals surface area contributed by atoms with Crippen molar-refractivity contribution < 1.29 is 10.3 Å². The van der Waals surface area contributed by atoms with Crippen LogP contribution in [0, 0.1) is 0 Å². The molecule has 0 amide bonds. The number of halogens is 1. The Labute approximate surface area is 40.7 Å². The fourth-order valence-electron chi connectivity index (χ4n) is 0. The number of carbonyl (C=O) groups excluding carboxylic acids is 1. The molecule has 0 aliphatic carbocycles.